The van der Waals surface area contributed by atoms with Gasteiger partial charge in [-0.05, 0) is 31.5 Å². The van der Waals surface area contributed by atoms with Crippen molar-refractivity contribution in [1.82, 2.24) is 15.0 Å². The van der Waals surface area contributed by atoms with Crippen LogP contribution in [0.1, 0.15) is 24.4 Å². The van der Waals surface area contributed by atoms with Gasteiger partial charge in [0.05, 0.1) is 11.6 Å². The first-order chi connectivity index (χ1) is 9.24. The largest absolute Gasteiger partial charge is 0.360 e. The highest BCUT2D eigenvalue weighted by Gasteiger charge is 2.10. The van der Waals surface area contributed by atoms with Crippen molar-refractivity contribution in [3.05, 3.63) is 54.1 Å². The first-order valence-electron chi connectivity index (χ1n) is 6.36. The Balaban J connectivity index is 1.94. The number of hydrogen-bond acceptors (Lipinski definition) is 3. The van der Waals surface area contributed by atoms with Crippen molar-refractivity contribution in [3.8, 4) is 0 Å². The van der Waals surface area contributed by atoms with E-state index in [1.165, 1.54) is 0 Å². The molecule has 1 unspecified atom stereocenters. The number of rotatable bonds is 3. The summed E-state index contributed by atoms with van der Waals surface area (Å²) < 4.78 is 0. The highest BCUT2D eigenvalue weighted by Crippen LogP contribution is 2.22. The second-order valence-electron chi connectivity index (χ2n) is 4.69. The van der Waals surface area contributed by atoms with E-state index < -0.39 is 0 Å². The Bertz CT molecular complexity index is 688. The number of aromatic amines is 1. The van der Waals surface area contributed by atoms with Gasteiger partial charge in [-0.1, -0.05) is 18.2 Å². The van der Waals surface area contributed by atoms with E-state index in [2.05, 4.69) is 46.2 Å². The van der Waals surface area contributed by atoms with Crippen molar-refractivity contribution in [2.24, 2.45) is 0 Å². The molecule has 1 atom stereocenters. The molecule has 96 valence electrons. The lowest BCUT2D eigenvalue weighted by Gasteiger charge is -2.15. The third-order valence-corrected chi connectivity index (χ3v) is 3.20. The van der Waals surface area contributed by atoms with Crippen molar-refractivity contribution in [2.75, 3.05) is 5.32 Å². The van der Waals surface area contributed by atoms with Gasteiger partial charge >= 0.3 is 0 Å². The molecule has 0 fully saturated rings. The molecule has 0 saturated heterocycles. The lowest BCUT2D eigenvalue weighted by Crippen LogP contribution is -2.10. The summed E-state index contributed by atoms with van der Waals surface area (Å²) >= 11 is 0. The Morgan fingerprint density at radius 1 is 1.26 bits per heavy atom. The quantitative estimate of drug-likeness (QED) is 0.750. The number of nitrogens with one attached hydrogen (secondary N) is 2. The van der Waals surface area contributed by atoms with Gasteiger partial charge in [-0.2, -0.15) is 0 Å². The SMILES string of the molecule is Cc1cc2ccccc2nc1NC(C)c1ncc[nH]1. The van der Waals surface area contributed by atoms with Crippen LogP contribution in [-0.2, 0) is 0 Å². The topological polar surface area (TPSA) is 53.6 Å². The van der Waals surface area contributed by atoms with E-state index in [-0.39, 0.29) is 6.04 Å². The van der Waals surface area contributed by atoms with E-state index in [0.29, 0.717) is 0 Å². The number of benzene rings is 1. The number of nitrogens with zero attached hydrogens (tertiary/aromatic N) is 2. The Hall–Kier alpha value is -2.36. The number of para-hydroxylation sites is 1. The summed E-state index contributed by atoms with van der Waals surface area (Å²) in [7, 11) is 0. The van der Waals surface area contributed by atoms with Gasteiger partial charge in [-0.15, -0.1) is 0 Å². The summed E-state index contributed by atoms with van der Waals surface area (Å²) in [5, 5.41) is 4.56. The van der Waals surface area contributed by atoms with Crippen LogP contribution in [0, 0.1) is 6.92 Å². The zero-order chi connectivity index (χ0) is 13.2. The highest BCUT2D eigenvalue weighted by atomic mass is 15.1. The van der Waals surface area contributed by atoms with Gasteiger partial charge in [0.15, 0.2) is 0 Å². The molecule has 0 saturated carbocycles. The van der Waals surface area contributed by atoms with E-state index in [1.807, 2.05) is 24.4 Å². The number of aryl methyl sites for hydroxylation is 1. The fraction of sp³-hybridized carbons (Fsp3) is 0.200. The summed E-state index contributed by atoms with van der Waals surface area (Å²) in [4.78, 5) is 12.0. The summed E-state index contributed by atoms with van der Waals surface area (Å²) in [5.41, 5.74) is 2.14. The van der Waals surface area contributed by atoms with Crippen LogP contribution >= 0.6 is 0 Å². The Morgan fingerprint density at radius 2 is 2.11 bits per heavy atom. The second-order valence-corrected chi connectivity index (χ2v) is 4.69. The predicted octanol–water partition coefficient (Wildman–Crippen LogP) is 3.44. The summed E-state index contributed by atoms with van der Waals surface area (Å²) in [5.74, 6) is 1.82. The fourth-order valence-corrected chi connectivity index (χ4v) is 2.16. The minimum absolute atomic E-state index is 0.0994. The molecule has 3 rings (SSSR count). The Labute approximate surface area is 111 Å². The maximum absolute atomic E-state index is 4.67. The molecule has 4 heteroatoms. The van der Waals surface area contributed by atoms with Gasteiger partial charge in [-0.3, -0.25) is 0 Å². The van der Waals surface area contributed by atoms with Crippen molar-refractivity contribution in [3.63, 3.8) is 0 Å². The monoisotopic (exact) mass is 252 g/mol. The number of aromatic nitrogens is 3. The number of pyridine rings is 1. The predicted molar refractivity (Wildman–Crippen MR) is 77.1 cm³/mol. The number of fused-ring (bicyclic) bond motifs is 1. The molecule has 0 aliphatic heterocycles. The van der Waals surface area contributed by atoms with Crippen LogP contribution in [0.4, 0.5) is 5.82 Å². The van der Waals surface area contributed by atoms with Gasteiger partial charge in [0.1, 0.15) is 11.6 Å². The maximum atomic E-state index is 4.67. The molecule has 19 heavy (non-hydrogen) atoms. The van der Waals surface area contributed by atoms with Crippen LogP contribution in [0.3, 0.4) is 0 Å². The molecular weight excluding hydrogens is 236 g/mol. The fourth-order valence-electron chi connectivity index (χ4n) is 2.16. The van der Waals surface area contributed by atoms with Gasteiger partial charge in [0, 0.05) is 17.8 Å². The number of hydrogen-bond donors (Lipinski definition) is 2. The van der Waals surface area contributed by atoms with E-state index in [9.17, 15) is 0 Å². The summed E-state index contributed by atoms with van der Waals surface area (Å²) in [6.45, 7) is 4.13. The lowest BCUT2D eigenvalue weighted by atomic mass is 10.1. The van der Waals surface area contributed by atoms with E-state index in [0.717, 1.165) is 28.1 Å². The molecule has 2 N–H and O–H groups in total. The van der Waals surface area contributed by atoms with E-state index >= 15 is 0 Å². The summed E-state index contributed by atoms with van der Waals surface area (Å²) in [6.07, 6.45) is 3.59. The molecule has 3 aromatic rings. The third-order valence-electron chi connectivity index (χ3n) is 3.20. The van der Waals surface area contributed by atoms with Crippen LogP contribution in [0.25, 0.3) is 10.9 Å². The second kappa shape index (κ2) is 4.72. The molecule has 0 aliphatic carbocycles. The Kier molecular flexibility index (Phi) is 2.91. The zero-order valence-electron chi connectivity index (χ0n) is 11.0. The Morgan fingerprint density at radius 3 is 2.89 bits per heavy atom. The van der Waals surface area contributed by atoms with Crippen LogP contribution in [0.5, 0.6) is 0 Å². The van der Waals surface area contributed by atoms with Crippen LogP contribution in [-0.4, -0.2) is 15.0 Å². The standard InChI is InChI=1S/C15H16N4/c1-10-9-12-5-3-4-6-13(12)19-14(10)18-11(2)15-16-7-8-17-15/h3-9,11H,1-2H3,(H,16,17)(H,18,19). The van der Waals surface area contributed by atoms with E-state index in [1.54, 1.807) is 6.20 Å². The molecule has 2 aromatic heterocycles. The van der Waals surface area contributed by atoms with Crippen molar-refractivity contribution in [1.29, 1.82) is 0 Å². The number of imidazole rings is 1. The lowest BCUT2D eigenvalue weighted by molar-refractivity contribution is 0.803. The maximum Gasteiger partial charge on any atom is 0.130 e. The number of H-pyrrole nitrogens is 1. The third kappa shape index (κ3) is 2.29. The first-order valence-corrected chi connectivity index (χ1v) is 6.36. The molecule has 2 heterocycles. The molecule has 1 aromatic carbocycles. The van der Waals surface area contributed by atoms with Crippen LogP contribution in [0.2, 0.25) is 0 Å². The summed E-state index contributed by atoms with van der Waals surface area (Å²) in [6, 6.07) is 10.4. The van der Waals surface area contributed by atoms with Crippen LogP contribution < -0.4 is 5.32 Å². The molecule has 4 nitrogen and oxygen atoms in total. The van der Waals surface area contributed by atoms with Crippen molar-refractivity contribution < 1.29 is 0 Å². The van der Waals surface area contributed by atoms with Gasteiger partial charge < -0.3 is 10.3 Å². The average Bonchev–Trinajstić information content (AvgIpc) is 2.93. The molecule has 0 amide bonds. The highest BCUT2D eigenvalue weighted by molar-refractivity contribution is 5.81. The number of anilines is 1. The molecule has 0 radical (unpaired) electrons. The van der Waals surface area contributed by atoms with Crippen molar-refractivity contribution >= 4 is 16.7 Å². The molecular formula is C15H16N4. The first kappa shape index (κ1) is 11.7. The van der Waals surface area contributed by atoms with E-state index in [4.69, 9.17) is 0 Å². The van der Waals surface area contributed by atoms with Gasteiger partial charge in [0.25, 0.3) is 0 Å². The van der Waals surface area contributed by atoms with Crippen LogP contribution in [0.15, 0.2) is 42.7 Å². The average molecular weight is 252 g/mol. The smallest absolute Gasteiger partial charge is 0.130 e. The molecule has 0 spiro atoms. The normalized spacial score (nSPS) is 12.5. The zero-order valence-corrected chi connectivity index (χ0v) is 11.0. The van der Waals surface area contributed by atoms with Gasteiger partial charge in [-0.25, -0.2) is 9.97 Å². The van der Waals surface area contributed by atoms with Gasteiger partial charge in [0.2, 0.25) is 0 Å². The minimum atomic E-state index is 0.0994. The molecule has 0 bridgehead atoms. The minimum Gasteiger partial charge on any atom is -0.360 e. The van der Waals surface area contributed by atoms with Crippen molar-refractivity contribution in [2.45, 2.75) is 19.9 Å². The molecule has 0 aliphatic rings.